The number of hydrogen-bond acceptors (Lipinski definition) is 4. The molecule has 0 fully saturated rings. The maximum absolute atomic E-state index is 12.2. The van der Waals surface area contributed by atoms with E-state index in [1.807, 2.05) is 12.1 Å². The molecule has 0 heterocycles. The topological polar surface area (TPSA) is 71.3 Å². The molecule has 0 spiro atoms. The van der Waals surface area contributed by atoms with Crippen LogP contribution in [-0.2, 0) is 4.79 Å². The molecule has 0 atom stereocenters. The number of carbonyl (C=O) groups excluding carboxylic acids is 1. The number of benzene rings is 2. The molecule has 2 aromatic rings. The third-order valence-electron chi connectivity index (χ3n) is 3.16. The van der Waals surface area contributed by atoms with Gasteiger partial charge in [-0.25, -0.2) is 0 Å². The molecule has 0 bridgehead atoms. The highest BCUT2D eigenvalue weighted by Gasteiger charge is 2.13. The highest BCUT2D eigenvalue weighted by atomic mass is 35.5. The van der Waals surface area contributed by atoms with E-state index in [2.05, 4.69) is 5.32 Å². The van der Waals surface area contributed by atoms with E-state index in [1.165, 1.54) is 20.3 Å². The Balaban J connectivity index is 2.32. The zero-order chi connectivity index (χ0) is 17.5. The maximum atomic E-state index is 12.2. The Morgan fingerprint density at radius 3 is 2.50 bits per heavy atom. The minimum Gasteiger partial charge on any atom is -0.493 e. The molecule has 122 valence electrons. The van der Waals surface area contributed by atoms with Gasteiger partial charge in [-0.05, 0) is 35.9 Å². The third-order valence-corrected chi connectivity index (χ3v) is 3.44. The number of nitrogens with zero attached hydrogens (tertiary/aromatic N) is 1. The van der Waals surface area contributed by atoms with Crippen LogP contribution in [0.25, 0.3) is 6.08 Å². The molecule has 24 heavy (non-hydrogen) atoms. The molecule has 2 aromatic carbocycles. The highest BCUT2D eigenvalue weighted by molar-refractivity contribution is 6.32. The van der Waals surface area contributed by atoms with Gasteiger partial charge in [0, 0.05) is 5.69 Å². The summed E-state index contributed by atoms with van der Waals surface area (Å²) in [5, 5.41) is 12.2. The Kier molecular flexibility index (Phi) is 5.83. The number of rotatable bonds is 5. The minimum absolute atomic E-state index is 0.0536. The monoisotopic (exact) mass is 342 g/mol. The van der Waals surface area contributed by atoms with E-state index in [4.69, 9.17) is 21.1 Å². The number of nitriles is 1. The average Bonchev–Trinajstić information content (AvgIpc) is 2.59. The first-order valence-corrected chi connectivity index (χ1v) is 7.36. The number of nitrogens with one attached hydrogen (secondary N) is 1. The van der Waals surface area contributed by atoms with Gasteiger partial charge in [-0.2, -0.15) is 5.26 Å². The van der Waals surface area contributed by atoms with Gasteiger partial charge in [0.15, 0.2) is 11.5 Å². The van der Waals surface area contributed by atoms with E-state index in [1.54, 1.807) is 36.4 Å². The Hall–Kier alpha value is -2.97. The average molecular weight is 343 g/mol. The van der Waals surface area contributed by atoms with Gasteiger partial charge in [0.1, 0.15) is 11.6 Å². The number of carbonyl (C=O) groups is 1. The van der Waals surface area contributed by atoms with Crippen LogP contribution in [0.1, 0.15) is 5.56 Å². The first-order chi connectivity index (χ1) is 11.6. The van der Waals surface area contributed by atoms with Gasteiger partial charge in [-0.1, -0.05) is 29.8 Å². The minimum atomic E-state index is -0.505. The molecule has 1 amide bonds. The lowest BCUT2D eigenvalue weighted by Crippen LogP contribution is -2.13. The highest BCUT2D eigenvalue weighted by Crippen LogP contribution is 2.36. The summed E-state index contributed by atoms with van der Waals surface area (Å²) in [6.07, 6.45) is 1.44. The molecule has 0 aliphatic carbocycles. The van der Waals surface area contributed by atoms with E-state index in [-0.39, 0.29) is 5.57 Å². The second-order valence-corrected chi connectivity index (χ2v) is 5.14. The number of anilines is 1. The van der Waals surface area contributed by atoms with Crippen molar-refractivity contribution in [2.45, 2.75) is 0 Å². The van der Waals surface area contributed by atoms with Crippen LogP contribution in [-0.4, -0.2) is 20.1 Å². The van der Waals surface area contributed by atoms with Gasteiger partial charge in [0.2, 0.25) is 0 Å². The van der Waals surface area contributed by atoms with Crippen LogP contribution in [0, 0.1) is 11.3 Å². The number of amides is 1. The SMILES string of the molecule is COc1cc(/C=C(/C#N)C(=O)Nc2ccccc2)cc(Cl)c1OC. The summed E-state index contributed by atoms with van der Waals surface area (Å²) in [7, 11) is 2.96. The predicted octanol–water partition coefficient (Wildman–Crippen LogP) is 3.90. The second kappa shape index (κ2) is 8.04. The van der Waals surface area contributed by atoms with E-state index in [9.17, 15) is 10.1 Å². The summed E-state index contributed by atoms with van der Waals surface area (Å²) in [6.45, 7) is 0. The van der Waals surface area contributed by atoms with Crippen LogP contribution in [0.2, 0.25) is 5.02 Å². The van der Waals surface area contributed by atoms with Crippen LogP contribution in [0.15, 0.2) is 48.0 Å². The number of methoxy groups -OCH3 is 2. The maximum Gasteiger partial charge on any atom is 0.266 e. The van der Waals surface area contributed by atoms with Crippen LogP contribution in [0.5, 0.6) is 11.5 Å². The Morgan fingerprint density at radius 1 is 1.21 bits per heavy atom. The summed E-state index contributed by atoms with van der Waals surface area (Å²) in [5.74, 6) is 0.301. The van der Waals surface area contributed by atoms with Gasteiger partial charge in [-0.3, -0.25) is 4.79 Å². The van der Waals surface area contributed by atoms with E-state index in [0.717, 1.165) is 0 Å². The number of hydrogen-bond donors (Lipinski definition) is 1. The lowest BCUT2D eigenvalue weighted by molar-refractivity contribution is -0.112. The Bertz CT molecular complexity index is 811. The summed E-state index contributed by atoms with van der Waals surface area (Å²) < 4.78 is 10.4. The van der Waals surface area contributed by atoms with Crippen molar-refractivity contribution in [2.75, 3.05) is 19.5 Å². The summed E-state index contributed by atoms with van der Waals surface area (Å²) in [6, 6.07) is 14.0. The largest absolute Gasteiger partial charge is 0.493 e. The molecule has 6 heteroatoms. The van der Waals surface area contributed by atoms with Crippen molar-refractivity contribution in [2.24, 2.45) is 0 Å². The fourth-order valence-corrected chi connectivity index (χ4v) is 2.35. The molecule has 0 saturated heterocycles. The molecule has 1 N–H and O–H groups in total. The van der Waals surface area contributed by atoms with Crippen LogP contribution in [0.4, 0.5) is 5.69 Å². The standard InChI is InChI=1S/C18H15ClN2O3/c1-23-16-10-12(9-15(19)17(16)24-2)8-13(11-20)18(22)21-14-6-4-3-5-7-14/h3-10H,1-2H3,(H,21,22)/b13-8-. The smallest absolute Gasteiger partial charge is 0.266 e. The second-order valence-electron chi connectivity index (χ2n) is 4.73. The fraction of sp³-hybridized carbons (Fsp3) is 0.111. The van der Waals surface area contributed by atoms with Crippen molar-refractivity contribution in [3.63, 3.8) is 0 Å². The normalized spacial score (nSPS) is 10.7. The van der Waals surface area contributed by atoms with E-state index >= 15 is 0 Å². The lowest BCUT2D eigenvalue weighted by atomic mass is 10.1. The number of para-hydroxylation sites is 1. The summed E-state index contributed by atoms with van der Waals surface area (Å²) in [5.41, 5.74) is 1.11. The summed E-state index contributed by atoms with van der Waals surface area (Å²) >= 11 is 6.13. The third kappa shape index (κ3) is 4.06. The van der Waals surface area contributed by atoms with Crippen molar-refractivity contribution in [3.05, 3.63) is 58.6 Å². The zero-order valence-electron chi connectivity index (χ0n) is 13.2. The molecular weight excluding hydrogens is 328 g/mol. The van der Waals surface area contributed by atoms with Gasteiger partial charge < -0.3 is 14.8 Å². The number of halogens is 1. The first-order valence-electron chi connectivity index (χ1n) is 6.98. The van der Waals surface area contributed by atoms with Crippen LogP contribution in [0.3, 0.4) is 0 Å². The molecule has 0 unspecified atom stereocenters. The quantitative estimate of drug-likeness (QED) is 0.660. The Morgan fingerprint density at radius 2 is 1.92 bits per heavy atom. The summed E-state index contributed by atoms with van der Waals surface area (Å²) in [4.78, 5) is 12.2. The molecule has 0 saturated carbocycles. The fourth-order valence-electron chi connectivity index (χ4n) is 2.06. The van der Waals surface area contributed by atoms with Crippen LogP contribution >= 0.6 is 11.6 Å². The molecule has 0 radical (unpaired) electrons. The van der Waals surface area contributed by atoms with Crippen molar-refractivity contribution in [1.82, 2.24) is 0 Å². The molecule has 0 aliphatic heterocycles. The van der Waals surface area contributed by atoms with Crippen LogP contribution < -0.4 is 14.8 Å². The molecule has 5 nitrogen and oxygen atoms in total. The van der Waals surface area contributed by atoms with Gasteiger partial charge in [0.25, 0.3) is 5.91 Å². The molecule has 0 aromatic heterocycles. The Labute approximate surface area is 145 Å². The zero-order valence-corrected chi connectivity index (χ0v) is 13.9. The van der Waals surface area contributed by atoms with Gasteiger partial charge >= 0.3 is 0 Å². The first kappa shape index (κ1) is 17.4. The van der Waals surface area contributed by atoms with Crippen molar-refractivity contribution >= 4 is 29.3 Å². The molecular formula is C18H15ClN2O3. The van der Waals surface area contributed by atoms with E-state index < -0.39 is 5.91 Å². The van der Waals surface area contributed by atoms with E-state index in [0.29, 0.717) is 27.8 Å². The predicted molar refractivity (Wildman–Crippen MR) is 93.2 cm³/mol. The van der Waals surface area contributed by atoms with Gasteiger partial charge in [-0.15, -0.1) is 0 Å². The molecule has 0 aliphatic rings. The lowest BCUT2D eigenvalue weighted by Gasteiger charge is -2.10. The van der Waals surface area contributed by atoms with Gasteiger partial charge in [0.05, 0.1) is 19.2 Å². The van der Waals surface area contributed by atoms with Crippen molar-refractivity contribution in [3.8, 4) is 17.6 Å². The van der Waals surface area contributed by atoms with Crippen molar-refractivity contribution in [1.29, 1.82) is 5.26 Å². The molecule has 2 rings (SSSR count). The van der Waals surface area contributed by atoms with Crippen molar-refractivity contribution < 1.29 is 14.3 Å². The number of ether oxygens (including phenoxy) is 2.